The van der Waals surface area contributed by atoms with Crippen LogP contribution in [0.4, 0.5) is 0 Å². The zero-order valence-electron chi connectivity index (χ0n) is 11.6. The van der Waals surface area contributed by atoms with Crippen molar-refractivity contribution in [3.05, 3.63) is 35.4 Å². The number of nitrogens with one attached hydrogen (secondary N) is 3. The molecule has 1 heterocycles. The van der Waals surface area contributed by atoms with E-state index in [1.807, 2.05) is 36.0 Å². The number of rotatable bonds is 6. The molecule has 0 spiro atoms. The largest absolute Gasteiger partial charge is 0.354 e. The lowest BCUT2D eigenvalue weighted by molar-refractivity contribution is -0.118. The summed E-state index contributed by atoms with van der Waals surface area (Å²) >= 11 is 5.73. The molecule has 2 rings (SSSR count). The van der Waals surface area contributed by atoms with Gasteiger partial charge in [-0.1, -0.05) is 12.1 Å². The number of amides is 2. The summed E-state index contributed by atoms with van der Waals surface area (Å²) in [5, 5.41) is 9.14. The normalized spacial score (nSPS) is 17.5. The first kappa shape index (κ1) is 16.2. The van der Waals surface area contributed by atoms with Gasteiger partial charge in [0.25, 0.3) is 5.91 Å². The number of thiol groups is 1. The Balaban J connectivity index is 1.78. The van der Waals surface area contributed by atoms with Crippen LogP contribution < -0.4 is 16.0 Å². The van der Waals surface area contributed by atoms with Crippen molar-refractivity contribution in [3.8, 4) is 0 Å². The molecule has 2 amide bonds. The second kappa shape index (κ2) is 8.31. The van der Waals surface area contributed by atoms with Gasteiger partial charge in [-0.2, -0.15) is 12.6 Å². The van der Waals surface area contributed by atoms with Crippen LogP contribution in [0.1, 0.15) is 21.3 Å². The Labute approximate surface area is 134 Å². The molecule has 1 fully saturated rings. The van der Waals surface area contributed by atoms with Gasteiger partial charge in [0, 0.05) is 31.0 Å². The summed E-state index contributed by atoms with van der Waals surface area (Å²) < 4.78 is 0. The van der Waals surface area contributed by atoms with Gasteiger partial charge in [-0.05, 0) is 17.7 Å². The Morgan fingerprint density at radius 2 is 1.95 bits per heavy atom. The highest BCUT2D eigenvalue weighted by atomic mass is 32.2. The lowest BCUT2D eigenvalue weighted by Crippen LogP contribution is -2.35. The van der Waals surface area contributed by atoms with Crippen LogP contribution in [0.25, 0.3) is 0 Å². The molecule has 0 saturated carbocycles. The monoisotopic (exact) mass is 325 g/mol. The summed E-state index contributed by atoms with van der Waals surface area (Å²) in [5.41, 5.74) is 1.82. The van der Waals surface area contributed by atoms with E-state index in [4.69, 9.17) is 0 Å². The second-order valence-electron chi connectivity index (χ2n) is 4.59. The topological polar surface area (TPSA) is 70.2 Å². The fourth-order valence-electron chi connectivity index (χ4n) is 1.98. The number of hydrogen-bond donors (Lipinski definition) is 4. The van der Waals surface area contributed by atoms with Gasteiger partial charge in [-0.25, -0.2) is 0 Å². The molecule has 1 atom stereocenters. The lowest BCUT2D eigenvalue weighted by atomic mass is 10.1. The van der Waals surface area contributed by atoms with Crippen LogP contribution in [0.5, 0.6) is 0 Å². The van der Waals surface area contributed by atoms with Gasteiger partial charge in [0.2, 0.25) is 5.91 Å². The second-order valence-corrected chi connectivity index (χ2v) is 6.12. The Kier molecular flexibility index (Phi) is 6.41. The highest BCUT2D eigenvalue weighted by Gasteiger charge is 2.16. The van der Waals surface area contributed by atoms with Gasteiger partial charge in [-0.15, -0.1) is 11.8 Å². The summed E-state index contributed by atoms with van der Waals surface area (Å²) in [6, 6.07) is 7.62. The van der Waals surface area contributed by atoms with E-state index in [2.05, 4.69) is 28.6 Å². The van der Waals surface area contributed by atoms with Crippen LogP contribution in [-0.4, -0.2) is 43.0 Å². The van der Waals surface area contributed by atoms with Crippen LogP contribution in [-0.2, 0) is 4.79 Å². The first-order valence-electron chi connectivity index (χ1n) is 6.81. The van der Waals surface area contributed by atoms with Gasteiger partial charge in [0.15, 0.2) is 0 Å². The third-order valence-corrected chi connectivity index (χ3v) is 4.57. The van der Waals surface area contributed by atoms with Crippen LogP contribution in [0, 0.1) is 0 Å². The summed E-state index contributed by atoms with van der Waals surface area (Å²) in [4.78, 5) is 22.9. The molecule has 21 heavy (non-hydrogen) atoms. The molecule has 1 aliphatic rings. The number of benzene rings is 1. The SMILES string of the molecule is O=C(CS)NCCNC(=O)c1ccc([C@@H]2NCCS2)cc1. The highest BCUT2D eigenvalue weighted by molar-refractivity contribution is 7.99. The predicted octanol–water partition coefficient (Wildman–Crippen LogP) is 0.797. The number of carbonyl (C=O) groups is 2. The molecular weight excluding hydrogens is 306 g/mol. The molecule has 0 unspecified atom stereocenters. The van der Waals surface area contributed by atoms with Crippen molar-refractivity contribution < 1.29 is 9.59 Å². The Bertz CT molecular complexity index is 487. The number of thioether (sulfide) groups is 1. The molecular formula is C14H19N3O2S2. The Morgan fingerprint density at radius 1 is 1.24 bits per heavy atom. The third-order valence-electron chi connectivity index (χ3n) is 3.07. The maximum Gasteiger partial charge on any atom is 0.251 e. The molecule has 7 heteroatoms. The fourth-order valence-corrected chi connectivity index (χ4v) is 3.15. The smallest absolute Gasteiger partial charge is 0.251 e. The molecule has 3 N–H and O–H groups in total. The van der Waals surface area contributed by atoms with E-state index in [0.717, 1.165) is 12.3 Å². The van der Waals surface area contributed by atoms with Crippen LogP contribution >= 0.6 is 24.4 Å². The minimum atomic E-state index is -0.140. The molecule has 0 bridgehead atoms. The van der Waals surface area contributed by atoms with Gasteiger partial charge in [0.1, 0.15) is 0 Å². The maximum absolute atomic E-state index is 11.9. The predicted molar refractivity (Wildman–Crippen MR) is 88.8 cm³/mol. The van der Waals surface area contributed by atoms with E-state index in [1.54, 1.807) is 0 Å². The molecule has 1 aromatic carbocycles. The number of hydrogen-bond acceptors (Lipinski definition) is 5. The zero-order chi connectivity index (χ0) is 15.1. The van der Waals surface area contributed by atoms with Crippen molar-refractivity contribution in [2.24, 2.45) is 0 Å². The molecule has 1 aromatic rings. The minimum Gasteiger partial charge on any atom is -0.354 e. The molecule has 114 valence electrons. The van der Waals surface area contributed by atoms with Crippen molar-refractivity contribution in [1.29, 1.82) is 0 Å². The van der Waals surface area contributed by atoms with E-state index in [1.165, 1.54) is 5.56 Å². The average molecular weight is 325 g/mol. The Morgan fingerprint density at radius 3 is 2.57 bits per heavy atom. The summed E-state index contributed by atoms with van der Waals surface area (Å²) in [5.74, 6) is 1.00. The molecule has 1 aliphatic heterocycles. The van der Waals surface area contributed by atoms with E-state index < -0.39 is 0 Å². The van der Waals surface area contributed by atoms with Crippen LogP contribution in [0.15, 0.2) is 24.3 Å². The molecule has 5 nitrogen and oxygen atoms in total. The van der Waals surface area contributed by atoms with E-state index >= 15 is 0 Å². The van der Waals surface area contributed by atoms with Crippen LogP contribution in [0.3, 0.4) is 0 Å². The van der Waals surface area contributed by atoms with Crippen molar-refractivity contribution in [2.45, 2.75) is 5.37 Å². The lowest BCUT2D eigenvalue weighted by Gasteiger charge is -2.11. The van der Waals surface area contributed by atoms with Gasteiger partial charge in [-0.3, -0.25) is 9.59 Å². The first-order valence-corrected chi connectivity index (χ1v) is 8.49. The van der Waals surface area contributed by atoms with E-state index in [-0.39, 0.29) is 17.6 Å². The Hall–Kier alpha value is -1.18. The fraction of sp³-hybridized carbons (Fsp3) is 0.429. The standard InChI is InChI=1S/C14H19N3O2S2/c18-12(9-20)15-5-6-16-13(19)10-1-3-11(4-2-10)14-17-7-8-21-14/h1-4,14,17,20H,5-9H2,(H,15,18)(H,16,19)/t14-/m1/s1. The molecule has 0 aliphatic carbocycles. The van der Waals surface area contributed by atoms with Crippen LogP contribution in [0.2, 0.25) is 0 Å². The van der Waals surface area contributed by atoms with Gasteiger partial charge in [0.05, 0.1) is 11.1 Å². The maximum atomic E-state index is 11.9. The van der Waals surface area contributed by atoms with Crippen molar-refractivity contribution in [3.63, 3.8) is 0 Å². The summed E-state index contributed by atoms with van der Waals surface area (Å²) in [7, 11) is 0. The van der Waals surface area contributed by atoms with Gasteiger partial charge >= 0.3 is 0 Å². The van der Waals surface area contributed by atoms with E-state index in [0.29, 0.717) is 24.0 Å². The molecule has 1 saturated heterocycles. The minimum absolute atomic E-state index is 0.131. The quantitative estimate of drug-likeness (QED) is 0.461. The van der Waals surface area contributed by atoms with Gasteiger partial charge < -0.3 is 16.0 Å². The molecule has 0 aromatic heterocycles. The van der Waals surface area contributed by atoms with Crippen molar-refractivity contribution >= 4 is 36.2 Å². The summed E-state index contributed by atoms with van der Waals surface area (Å²) in [6.45, 7) is 1.83. The average Bonchev–Trinajstić information content (AvgIpc) is 3.05. The number of carbonyl (C=O) groups excluding carboxylic acids is 2. The third kappa shape index (κ3) is 4.94. The molecule has 0 radical (unpaired) electrons. The highest BCUT2D eigenvalue weighted by Crippen LogP contribution is 2.29. The van der Waals surface area contributed by atoms with E-state index in [9.17, 15) is 9.59 Å². The van der Waals surface area contributed by atoms with Crippen molar-refractivity contribution in [2.75, 3.05) is 31.1 Å². The zero-order valence-corrected chi connectivity index (χ0v) is 13.3. The summed E-state index contributed by atoms with van der Waals surface area (Å²) in [6.07, 6.45) is 0. The van der Waals surface area contributed by atoms with Crippen molar-refractivity contribution in [1.82, 2.24) is 16.0 Å². The first-order chi connectivity index (χ1) is 10.2.